The van der Waals surface area contributed by atoms with E-state index in [2.05, 4.69) is 39.8 Å². The molecule has 0 aliphatic heterocycles. The van der Waals surface area contributed by atoms with E-state index in [1.807, 2.05) is 12.1 Å². The minimum atomic E-state index is -0.247. The van der Waals surface area contributed by atoms with Crippen LogP contribution in [0.1, 0.15) is 10.4 Å². The van der Waals surface area contributed by atoms with Crippen LogP contribution >= 0.6 is 22.6 Å². The normalized spacial score (nSPS) is 9.47. The minimum Gasteiger partial charge on any atom is -0.351 e. The fourth-order valence-corrected chi connectivity index (χ4v) is 1.78. The molecule has 0 aliphatic carbocycles. The highest BCUT2D eigenvalue weighted by molar-refractivity contribution is 14.1. The van der Waals surface area contributed by atoms with E-state index < -0.39 is 0 Å². The Morgan fingerprint density at radius 3 is 2.65 bits per heavy atom. The van der Waals surface area contributed by atoms with Crippen molar-refractivity contribution >= 4 is 34.4 Å². The van der Waals surface area contributed by atoms with Crippen molar-refractivity contribution in [2.24, 2.45) is 0 Å². The number of hydrogen-bond acceptors (Lipinski definition) is 2. The number of rotatable bonds is 5. The Morgan fingerprint density at radius 2 is 2.00 bits per heavy atom. The van der Waals surface area contributed by atoms with Gasteiger partial charge in [0, 0.05) is 10.1 Å². The monoisotopic (exact) mass is 344 g/mol. The topological polar surface area (TPSA) is 58.2 Å². The number of nitrogens with one attached hydrogen (secondary N) is 2. The molecule has 0 unspecified atom stereocenters. The molecule has 2 N–H and O–H groups in total. The zero-order valence-corrected chi connectivity index (χ0v) is 11.4. The van der Waals surface area contributed by atoms with Crippen LogP contribution in [-0.2, 0) is 4.79 Å². The van der Waals surface area contributed by atoms with Gasteiger partial charge in [-0.1, -0.05) is 18.2 Å². The smallest absolute Gasteiger partial charge is 0.252 e. The van der Waals surface area contributed by atoms with Crippen molar-refractivity contribution in [1.29, 1.82) is 0 Å². The highest BCUT2D eigenvalue weighted by atomic mass is 127. The molecule has 1 aromatic rings. The van der Waals surface area contributed by atoms with Gasteiger partial charge in [-0.05, 0) is 34.7 Å². The molecule has 0 fully saturated rings. The van der Waals surface area contributed by atoms with Gasteiger partial charge < -0.3 is 10.6 Å². The molecule has 4 nitrogen and oxygen atoms in total. The lowest BCUT2D eigenvalue weighted by atomic mass is 10.2. The summed E-state index contributed by atoms with van der Waals surface area (Å²) in [7, 11) is 0. The van der Waals surface area contributed by atoms with E-state index in [1.165, 1.54) is 0 Å². The minimum absolute atomic E-state index is 0.0301. The lowest BCUT2D eigenvalue weighted by Crippen LogP contribution is -2.37. The van der Waals surface area contributed by atoms with E-state index in [1.54, 1.807) is 18.2 Å². The number of benzene rings is 1. The molecule has 0 radical (unpaired) electrons. The first-order valence-corrected chi connectivity index (χ1v) is 6.13. The van der Waals surface area contributed by atoms with Gasteiger partial charge in [0.1, 0.15) is 0 Å². The van der Waals surface area contributed by atoms with Gasteiger partial charge in [0.25, 0.3) is 5.91 Å². The Labute approximate surface area is 114 Å². The van der Waals surface area contributed by atoms with Gasteiger partial charge in [-0.3, -0.25) is 9.59 Å². The van der Waals surface area contributed by atoms with Crippen LogP contribution < -0.4 is 10.6 Å². The summed E-state index contributed by atoms with van der Waals surface area (Å²) in [5.74, 6) is -0.479. The predicted molar refractivity (Wildman–Crippen MR) is 74.7 cm³/mol. The fraction of sp³-hybridized carbons (Fsp3) is 0.167. The summed E-state index contributed by atoms with van der Waals surface area (Å²) in [6.45, 7) is 3.85. The van der Waals surface area contributed by atoms with Crippen LogP contribution in [0.25, 0.3) is 0 Å². The Bertz CT molecular complexity index is 432. The molecular formula is C12H13IN2O2. The molecule has 0 saturated carbocycles. The molecule has 0 bridgehead atoms. The summed E-state index contributed by atoms with van der Waals surface area (Å²) < 4.78 is 0.856. The van der Waals surface area contributed by atoms with Crippen molar-refractivity contribution in [3.8, 4) is 0 Å². The van der Waals surface area contributed by atoms with Gasteiger partial charge in [-0.2, -0.15) is 0 Å². The zero-order chi connectivity index (χ0) is 12.7. The van der Waals surface area contributed by atoms with Gasteiger partial charge >= 0.3 is 0 Å². The van der Waals surface area contributed by atoms with Gasteiger partial charge in [0.05, 0.1) is 12.1 Å². The molecule has 0 heterocycles. The van der Waals surface area contributed by atoms with Crippen LogP contribution in [0.2, 0.25) is 0 Å². The van der Waals surface area contributed by atoms with E-state index in [0.29, 0.717) is 12.1 Å². The second-order valence-electron chi connectivity index (χ2n) is 3.26. The van der Waals surface area contributed by atoms with E-state index >= 15 is 0 Å². The number of halogens is 1. The SMILES string of the molecule is C=CCNC(=O)CNC(=O)c1ccccc1I. The fourth-order valence-electron chi connectivity index (χ4n) is 1.15. The van der Waals surface area contributed by atoms with Crippen molar-refractivity contribution < 1.29 is 9.59 Å². The first-order chi connectivity index (χ1) is 8.15. The molecular weight excluding hydrogens is 331 g/mol. The molecule has 0 aromatic heterocycles. The predicted octanol–water partition coefficient (Wildman–Crippen LogP) is 1.32. The third kappa shape index (κ3) is 4.56. The van der Waals surface area contributed by atoms with Crippen LogP contribution in [0.5, 0.6) is 0 Å². The average Bonchev–Trinajstić information content (AvgIpc) is 2.34. The van der Waals surface area contributed by atoms with Crippen LogP contribution in [-0.4, -0.2) is 24.9 Å². The zero-order valence-electron chi connectivity index (χ0n) is 9.20. The summed E-state index contributed by atoms with van der Waals surface area (Å²) in [6, 6.07) is 7.20. The first kappa shape index (κ1) is 13.7. The number of hydrogen-bond donors (Lipinski definition) is 2. The second kappa shape index (κ2) is 7.05. The van der Waals surface area contributed by atoms with E-state index in [4.69, 9.17) is 0 Å². The van der Waals surface area contributed by atoms with Crippen LogP contribution in [0.4, 0.5) is 0 Å². The third-order valence-corrected chi connectivity index (χ3v) is 2.91. The molecule has 1 rings (SSSR count). The molecule has 5 heteroatoms. The largest absolute Gasteiger partial charge is 0.351 e. The second-order valence-corrected chi connectivity index (χ2v) is 4.42. The summed E-state index contributed by atoms with van der Waals surface area (Å²) in [4.78, 5) is 23.0. The summed E-state index contributed by atoms with van der Waals surface area (Å²) in [5.41, 5.74) is 0.574. The Kier molecular flexibility index (Phi) is 5.68. The van der Waals surface area contributed by atoms with Crippen molar-refractivity contribution in [2.45, 2.75) is 0 Å². The highest BCUT2D eigenvalue weighted by Crippen LogP contribution is 2.10. The van der Waals surface area contributed by atoms with Gasteiger partial charge in [-0.15, -0.1) is 6.58 Å². The molecule has 2 amide bonds. The Balaban J connectivity index is 2.48. The Hall–Kier alpha value is -1.37. The number of carbonyl (C=O) groups is 2. The van der Waals surface area contributed by atoms with E-state index in [9.17, 15) is 9.59 Å². The molecule has 0 aliphatic rings. The van der Waals surface area contributed by atoms with Gasteiger partial charge in [0.15, 0.2) is 0 Å². The lowest BCUT2D eigenvalue weighted by molar-refractivity contribution is -0.119. The maximum Gasteiger partial charge on any atom is 0.252 e. The molecule has 0 spiro atoms. The molecule has 0 atom stereocenters. The van der Waals surface area contributed by atoms with Crippen molar-refractivity contribution in [1.82, 2.24) is 10.6 Å². The van der Waals surface area contributed by atoms with Gasteiger partial charge in [0.2, 0.25) is 5.91 Å². The molecule has 17 heavy (non-hydrogen) atoms. The van der Waals surface area contributed by atoms with Gasteiger partial charge in [-0.25, -0.2) is 0 Å². The molecule has 1 aromatic carbocycles. The summed E-state index contributed by atoms with van der Waals surface area (Å²) in [6.07, 6.45) is 1.58. The van der Waals surface area contributed by atoms with E-state index in [0.717, 1.165) is 3.57 Å². The van der Waals surface area contributed by atoms with Crippen molar-refractivity contribution in [3.05, 3.63) is 46.1 Å². The third-order valence-electron chi connectivity index (χ3n) is 1.97. The first-order valence-electron chi connectivity index (χ1n) is 5.05. The number of carbonyl (C=O) groups excluding carboxylic acids is 2. The highest BCUT2D eigenvalue weighted by Gasteiger charge is 2.09. The molecule has 90 valence electrons. The van der Waals surface area contributed by atoms with Crippen LogP contribution in [0.15, 0.2) is 36.9 Å². The maximum absolute atomic E-state index is 11.7. The molecule has 0 saturated heterocycles. The standard InChI is InChI=1S/C12H13IN2O2/c1-2-7-14-11(16)8-15-12(17)9-5-3-4-6-10(9)13/h2-6H,1,7-8H2,(H,14,16)(H,15,17). The lowest BCUT2D eigenvalue weighted by Gasteiger charge is -2.06. The van der Waals surface area contributed by atoms with Crippen LogP contribution in [0.3, 0.4) is 0 Å². The van der Waals surface area contributed by atoms with Crippen molar-refractivity contribution in [3.63, 3.8) is 0 Å². The summed E-state index contributed by atoms with van der Waals surface area (Å²) >= 11 is 2.08. The number of amides is 2. The van der Waals surface area contributed by atoms with Crippen LogP contribution in [0, 0.1) is 3.57 Å². The quantitative estimate of drug-likeness (QED) is 0.625. The maximum atomic E-state index is 11.7. The average molecular weight is 344 g/mol. The van der Waals surface area contributed by atoms with E-state index in [-0.39, 0.29) is 18.4 Å². The van der Waals surface area contributed by atoms with Crippen molar-refractivity contribution in [2.75, 3.05) is 13.1 Å². The summed E-state index contributed by atoms with van der Waals surface area (Å²) in [5, 5.41) is 5.14. The Morgan fingerprint density at radius 1 is 1.29 bits per heavy atom.